The standard InChI is InChI=1S/C20H20N4O3S/c1-13-21-19(27-23-13)14-8-10-15(11-9-14)20(26)24(2)12-18(25)22-16-6-4-5-7-17(16)28-3/h4-11H,12H2,1-3H3,(H,22,25). The van der Waals surface area contributed by atoms with Crippen molar-refractivity contribution in [2.75, 3.05) is 25.2 Å². The Morgan fingerprint density at radius 3 is 2.50 bits per heavy atom. The molecule has 7 nitrogen and oxygen atoms in total. The summed E-state index contributed by atoms with van der Waals surface area (Å²) < 4.78 is 5.12. The van der Waals surface area contributed by atoms with Gasteiger partial charge in [0.15, 0.2) is 5.82 Å². The van der Waals surface area contributed by atoms with Crippen molar-refractivity contribution in [1.29, 1.82) is 0 Å². The first-order valence-corrected chi connectivity index (χ1v) is 9.79. The summed E-state index contributed by atoms with van der Waals surface area (Å²) in [7, 11) is 1.59. The fraction of sp³-hybridized carbons (Fsp3) is 0.200. The van der Waals surface area contributed by atoms with Crippen LogP contribution in [-0.4, -0.2) is 46.7 Å². The van der Waals surface area contributed by atoms with Gasteiger partial charge < -0.3 is 14.7 Å². The molecular formula is C20H20N4O3S. The number of hydrogen-bond acceptors (Lipinski definition) is 6. The average molecular weight is 396 g/mol. The third-order valence-electron chi connectivity index (χ3n) is 4.01. The minimum absolute atomic E-state index is 0.0495. The van der Waals surface area contributed by atoms with Gasteiger partial charge in [0.1, 0.15) is 0 Å². The third kappa shape index (κ3) is 4.58. The topological polar surface area (TPSA) is 88.3 Å². The first-order valence-electron chi connectivity index (χ1n) is 8.57. The molecule has 1 heterocycles. The molecule has 0 aliphatic heterocycles. The van der Waals surface area contributed by atoms with E-state index in [2.05, 4.69) is 15.5 Å². The second kappa shape index (κ2) is 8.71. The molecule has 0 saturated carbocycles. The Bertz CT molecular complexity index is 985. The van der Waals surface area contributed by atoms with Crippen molar-refractivity contribution >= 4 is 29.3 Å². The Hall–Kier alpha value is -3.13. The minimum atomic E-state index is -0.254. The average Bonchev–Trinajstić information content (AvgIpc) is 3.14. The summed E-state index contributed by atoms with van der Waals surface area (Å²) in [6.45, 7) is 1.69. The highest BCUT2D eigenvalue weighted by molar-refractivity contribution is 7.98. The number of likely N-dealkylation sites (N-methyl/N-ethyl adjacent to an activating group) is 1. The molecule has 0 aliphatic carbocycles. The third-order valence-corrected chi connectivity index (χ3v) is 4.81. The van der Waals surface area contributed by atoms with E-state index in [0.717, 1.165) is 16.1 Å². The Labute approximate surface area is 167 Å². The van der Waals surface area contributed by atoms with Crippen LogP contribution >= 0.6 is 11.8 Å². The predicted octanol–water partition coefficient (Wildman–Crippen LogP) is 3.48. The summed E-state index contributed by atoms with van der Waals surface area (Å²) in [6, 6.07) is 14.4. The lowest BCUT2D eigenvalue weighted by Crippen LogP contribution is -2.35. The molecule has 8 heteroatoms. The van der Waals surface area contributed by atoms with Gasteiger partial charge in [0.25, 0.3) is 11.8 Å². The van der Waals surface area contributed by atoms with Gasteiger partial charge in [-0.1, -0.05) is 17.3 Å². The van der Waals surface area contributed by atoms with Crippen LogP contribution in [-0.2, 0) is 4.79 Å². The number of thioether (sulfide) groups is 1. The van der Waals surface area contributed by atoms with Crippen LogP contribution in [0.3, 0.4) is 0 Å². The zero-order chi connectivity index (χ0) is 20.1. The highest BCUT2D eigenvalue weighted by atomic mass is 32.2. The predicted molar refractivity (Wildman–Crippen MR) is 108 cm³/mol. The number of nitrogens with one attached hydrogen (secondary N) is 1. The van der Waals surface area contributed by atoms with E-state index in [0.29, 0.717) is 17.3 Å². The van der Waals surface area contributed by atoms with Gasteiger partial charge in [-0.3, -0.25) is 9.59 Å². The van der Waals surface area contributed by atoms with Crippen LogP contribution in [0.15, 0.2) is 57.9 Å². The second-order valence-corrected chi connectivity index (χ2v) is 6.98. The maximum atomic E-state index is 12.6. The van der Waals surface area contributed by atoms with Gasteiger partial charge in [0.05, 0.1) is 12.2 Å². The molecule has 0 unspecified atom stereocenters. The Morgan fingerprint density at radius 2 is 1.86 bits per heavy atom. The molecule has 0 spiro atoms. The van der Waals surface area contributed by atoms with Crippen LogP contribution in [0.4, 0.5) is 5.69 Å². The molecule has 0 aliphatic rings. The molecule has 0 bridgehead atoms. The van der Waals surface area contributed by atoms with E-state index in [4.69, 9.17) is 4.52 Å². The van der Waals surface area contributed by atoms with Gasteiger partial charge in [-0.05, 0) is 49.6 Å². The van der Waals surface area contributed by atoms with Gasteiger partial charge in [-0.15, -0.1) is 11.8 Å². The second-order valence-electron chi connectivity index (χ2n) is 6.13. The normalized spacial score (nSPS) is 10.5. The molecule has 0 atom stereocenters. The Balaban J connectivity index is 1.63. The van der Waals surface area contributed by atoms with Crippen LogP contribution in [0, 0.1) is 6.92 Å². The van der Waals surface area contributed by atoms with E-state index < -0.39 is 0 Å². The Kier molecular flexibility index (Phi) is 6.10. The number of nitrogens with zero attached hydrogens (tertiary/aromatic N) is 3. The van der Waals surface area contributed by atoms with Crippen LogP contribution in [0.25, 0.3) is 11.5 Å². The van der Waals surface area contributed by atoms with E-state index in [1.807, 2.05) is 30.5 Å². The van der Waals surface area contributed by atoms with Gasteiger partial charge >= 0.3 is 0 Å². The van der Waals surface area contributed by atoms with Crippen LogP contribution in [0.2, 0.25) is 0 Å². The largest absolute Gasteiger partial charge is 0.334 e. The summed E-state index contributed by atoms with van der Waals surface area (Å²) in [6.07, 6.45) is 1.94. The number of hydrogen-bond donors (Lipinski definition) is 1. The van der Waals surface area contributed by atoms with Crippen molar-refractivity contribution in [2.45, 2.75) is 11.8 Å². The van der Waals surface area contributed by atoms with Crippen molar-refractivity contribution in [2.24, 2.45) is 0 Å². The van der Waals surface area contributed by atoms with Crippen molar-refractivity contribution in [3.63, 3.8) is 0 Å². The van der Waals surface area contributed by atoms with Gasteiger partial charge in [0.2, 0.25) is 5.91 Å². The van der Waals surface area contributed by atoms with Crippen LogP contribution in [0.1, 0.15) is 16.2 Å². The van der Waals surface area contributed by atoms with E-state index in [1.165, 1.54) is 4.90 Å². The van der Waals surface area contributed by atoms with Crippen LogP contribution in [0.5, 0.6) is 0 Å². The lowest BCUT2D eigenvalue weighted by Gasteiger charge is -2.17. The molecule has 28 heavy (non-hydrogen) atoms. The molecule has 0 saturated heterocycles. The Morgan fingerprint density at radius 1 is 1.14 bits per heavy atom. The fourth-order valence-electron chi connectivity index (χ4n) is 2.61. The van der Waals surface area contributed by atoms with E-state index >= 15 is 0 Å². The van der Waals surface area contributed by atoms with Crippen molar-refractivity contribution in [3.05, 3.63) is 59.9 Å². The van der Waals surface area contributed by atoms with Crippen molar-refractivity contribution < 1.29 is 14.1 Å². The molecule has 2 amide bonds. The molecule has 1 aromatic heterocycles. The molecular weight excluding hydrogens is 376 g/mol. The van der Waals surface area contributed by atoms with Gasteiger partial charge in [0, 0.05) is 23.1 Å². The SMILES string of the molecule is CSc1ccccc1NC(=O)CN(C)C(=O)c1ccc(-c2nc(C)no2)cc1. The number of amides is 2. The quantitative estimate of drug-likeness (QED) is 0.642. The molecule has 0 radical (unpaired) electrons. The summed E-state index contributed by atoms with van der Waals surface area (Å²) in [5.74, 6) is 0.442. The number of anilines is 1. The van der Waals surface area contributed by atoms with Gasteiger partial charge in [-0.25, -0.2) is 0 Å². The molecule has 1 N–H and O–H groups in total. The summed E-state index contributed by atoms with van der Waals surface area (Å²) >= 11 is 1.55. The highest BCUT2D eigenvalue weighted by Gasteiger charge is 2.16. The van der Waals surface area contributed by atoms with Crippen LogP contribution < -0.4 is 5.32 Å². The maximum absolute atomic E-state index is 12.6. The summed E-state index contributed by atoms with van der Waals surface area (Å²) in [4.78, 5) is 31.4. The molecule has 3 aromatic rings. The number of benzene rings is 2. The lowest BCUT2D eigenvalue weighted by atomic mass is 10.1. The monoisotopic (exact) mass is 396 g/mol. The number of carbonyl (C=O) groups excluding carboxylic acids is 2. The number of para-hydroxylation sites is 1. The molecule has 0 fully saturated rings. The summed E-state index contributed by atoms with van der Waals surface area (Å²) in [5.41, 5.74) is 1.94. The van der Waals surface area contributed by atoms with E-state index in [1.54, 1.807) is 50.0 Å². The zero-order valence-corrected chi connectivity index (χ0v) is 16.6. The first-order chi connectivity index (χ1) is 13.5. The van der Waals surface area contributed by atoms with E-state index in [-0.39, 0.29) is 18.4 Å². The molecule has 3 rings (SSSR count). The maximum Gasteiger partial charge on any atom is 0.257 e. The zero-order valence-electron chi connectivity index (χ0n) is 15.8. The smallest absolute Gasteiger partial charge is 0.257 e. The number of aryl methyl sites for hydroxylation is 1. The minimum Gasteiger partial charge on any atom is -0.334 e. The fourth-order valence-corrected chi connectivity index (χ4v) is 3.17. The first kappa shape index (κ1) is 19.6. The molecule has 144 valence electrons. The number of carbonyl (C=O) groups is 2. The van der Waals surface area contributed by atoms with E-state index in [9.17, 15) is 9.59 Å². The van der Waals surface area contributed by atoms with Crippen molar-refractivity contribution in [1.82, 2.24) is 15.0 Å². The molecule has 2 aromatic carbocycles. The number of aromatic nitrogens is 2. The number of rotatable bonds is 6. The highest BCUT2D eigenvalue weighted by Crippen LogP contribution is 2.24. The van der Waals surface area contributed by atoms with Gasteiger partial charge in [-0.2, -0.15) is 4.98 Å². The summed E-state index contributed by atoms with van der Waals surface area (Å²) in [5, 5.41) is 6.60. The van der Waals surface area contributed by atoms with Crippen molar-refractivity contribution in [3.8, 4) is 11.5 Å². The lowest BCUT2D eigenvalue weighted by molar-refractivity contribution is -0.116.